The molecule has 2 saturated heterocycles. The molecular formula is C25H26F3N5O3S. The van der Waals surface area contributed by atoms with Crippen molar-refractivity contribution in [2.75, 3.05) is 43.4 Å². The molecule has 0 radical (unpaired) electrons. The standard InChI is InChI=1S/C25H26F3N5O3S/c1-12-4-18(25(26,27)28)20-21(29)22(37-24(20)31-12)23(34)32-14-5-13-2-3-15(6-19(13)35-11-14)33-9-16-7-30-8-17(10-33)36-16/h2-4,6,14,16-17,30H,5,7-11,29H2,1H3,(H,32,34)/t14-,16?,17?/m1/s1. The average molecular weight is 534 g/mol. The number of hydrogen-bond donors (Lipinski definition) is 3. The number of nitrogens with two attached hydrogens (primary N) is 1. The van der Waals surface area contributed by atoms with Crippen LogP contribution < -0.4 is 26.0 Å². The van der Waals surface area contributed by atoms with E-state index in [0.29, 0.717) is 6.42 Å². The number of carbonyl (C=O) groups excluding carboxylic acids is 1. The number of nitrogen functional groups attached to an aromatic ring is 1. The molecule has 0 spiro atoms. The second-order valence-corrected chi connectivity index (χ2v) is 10.8. The number of thiophene rings is 1. The van der Waals surface area contributed by atoms with Gasteiger partial charge in [0, 0.05) is 49.0 Å². The summed E-state index contributed by atoms with van der Waals surface area (Å²) in [6.45, 7) is 5.02. The van der Waals surface area contributed by atoms with Crippen molar-refractivity contribution in [3.05, 3.63) is 46.0 Å². The van der Waals surface area contributed by atoms with Crippen LogP contribution in [0, 0.1) is 6.92 Å². The van der Waals surface area contributed by atoms with Crippen LogP contribution in [-0.2, 0) is 17.3 Å². The fourth-order valence-electron chi connectivity index (χ4n) is 5.30. The van der Waals surface area contributed by atoms with Gasteiger partial charge < -0.3 is 30.7 Å². The number of ether oxygens (including phenoxy) is 2. The summed E-state index contributed by atoms with van der Waals surface area (Å²) in [5.74, 6) is 0.238. The Morgan fingerprint density at radius 2 is 2.00 bits per heavy atom. The van der Waals surface area contributed by atoms with Crippen molar-refractivity contribution in [3.8, 4) is 5.75 Å². The quantitative estimate of drug-likeness (QED) is 0.476. The smallest absolute Gasteiger partial charge is 0.417 e. The van der Waals surface area contributed by atoms with E-state index in [0.717, 1.165) is 60.6 Å². The number of aryl methyl sites for hydroxylation is 1. The topological polar surface area (TPSA) is 102 Å². The van der Waals surface area contributed by atoms with E-state index in [1.54, 1.807) is 0 Å². The van der Waals surface area contributed by atoms with E-state index in [-0.39, 0.29) is 51.3 Å². The number of aromatic nitrogens is 1. The Hall–Kier alpha value is -3.09. The lowest BCUT2D eigenvalue weighted by molar-refractivity contribution is -0.136. The summed E-state index contributed by atoms with van der Waals surface area (Å²) in [4.78, 5) is 19.6. The zero-order chi connectivity index (χ0) is 25.9. The Morgan fingerprint density at radius 3 is 2.73 bits per heavy atom. The molecule has 6 rings (SSSR count). The van der Waals surface area contributed by atoms with Gasteiger partial charge in [0.1, 0.15) is 22.1 Å². The molecular weight excluding hydrogens is 507 g/mol. The molecule has 0 aliphatic carbocycles. The number of hydrogen-bond acceptors (Lipinski definition) is 8. The van der Waals surface area contributed by atoms with Gasteiger partial charge in [-0.05, 0) is 31.0 Å². The molecule has 3 atom stereocenters. The van der Waals surface area contributed by atoms with Crippen LogP contribution in [0.1, 0.15) is 26.5 Å². The van der Waals surface area contributed by atoms with Gasteiger partial charge >= 0.3 is 6.18 Å². The van der Waals surface area contributed by atoms with Gasteiger partial charge in [0.05, 0.1) is 29.5 Å². The number of morpholine rings is 2. The number of pyridine rings is 1. The van der Waals surface area contributed by atoms with Crippen LogP contribution in [-0.4, -0.2) is 61.9 Å². The summed E-state index contributed by atoms with van der Waals surface area (Å²) >= 11 is 0.866. The second-order valence-electron chi connectivity index (χ2n) is 9.75. The SMILES string of the molecule is Cc1cc(C(F)(F)F)c2c(N)c(C(=O)N[C@H]3COc4cc(N5CC6CNCC(C5)O6)ccc4C3)sc2n1. The maximum atomic E-state index is 13.6. The summed E-state index contributed by atoms with van der Waals surface area (Å²) in [6, 6.07) is 6.69. The van der Waals surface area contributed by atoms with Crippen LogP contribution in [0.15, 0.2) is 24.3 Å². The summed E-state index contributed by atoms with van der Waals surface area (Å²) in [7, 11) is 0. The molecule has 0 saturated carbocycles. The van der Waals surface area contributed by atoms with Crippen LogP contribution in [0.5, 0.6) is 5.75 Å². The molecule has 3 aromatic rings. The highest BCUT2D eigenvalue weighted by Crippen LogP contribution is 2.42. The van der Waals surface area contributed by atoms with Gasteiger partial charge in [-0.15, -0.1) is 11.3 Å². The number of anilines is 2. The molecule has 2 unspecified atom stereocenters. The lowest BCUT2D eigenvalue weighted by Gasteiger charge is -2.43. The zero-order valence-electron chi connectivity index (χ0n) is 20.0. The van der Waals surface area contributed by atoms with Gasteiger partial charge in [-0.3, -0.25) is 4.79 Å². The largest absolute Gasteiger partial charge is 0.491 e. The molecule has 5 heterocycles. The molecule has 2 aromatic heterocycles. The molecule has 37 heavy (non-hydrogen) atoms. The highest BCUT2D eigenvalue weighted by Gasteiger charge is 2.36. The van der Waals surface area contributed by atoms with Crippen molar-refractivity contribution in [2.24, 2.45) is 0 Å². The molecule has 12 heteroatoms. The number of rotatable bonds is 3. The predicted molar refractivity (Wildman–Crippen MR) is 134 cm³/mol. The van der Waals surface area contributed by atoms with Gasteiger partial charge in [0.2, 0.25) is 0 Å². The van der Waals surface area contributed by atoms with Crippen molar-refractivity contribution in [1.29, 1.82) is 0 Å². The van der Waals surface area contributed by atoms with E-state index in [9.17, 15) is 18.0 Å². The fourth-order valence-corrected chi connectivity index (χ4v) is 6.37. The van der Waals surface area contributed by atoms with Crippen molar-refractivity contribution in [3.63, 3.8) is 0 Å². The summed E-state index contributed by atoms with van der Waals surface area (Å²) in [5.41, 5.74) is 7.20. The maximum Gasteiger partial charge on any atom is 0.417 e. The number of nitrogens with zero attached hydrogens (tertiary/aromatic N) is 2. The number of amides is 1. The molecule has 2 bridgehead atoms. The fraction of sp³-hybridized carbons (Fsp3) is 0.440. The Balaban J connectivity index is 1.18. The molecule has 8 nitrogen and oxygen atoms in total. The first-order chi connectivity index (χ1) is 17.7. The van der Waals surface area contributed by atoms with Crippen LogP contribution in [0.25, 0.3) is 10.2 Å². The van der Waals surface area contributed by atoms with Crippen LogP contribution >= 0.6 is 11.3 Å². The third kappa shape index (κ3) is 4.57. The molecule has 3 aliphatic rings. The first-order valence-corrected chi connectivity index (χ1v) is 12.9. The average Bonchev–Trinajstić information content (AvgIpc) is 3.18. The van der Waals surface area contributed by atoms with Crippen molar-refractivity contribution in [1.82, 2.24) is 15.6 Å². The molecule has 4 N–H and O–H groups in total. The minimum absolute atomic E-state index is 0.0205. The highest BCUT2D eigenvalue weighted by molar-refractivity contribution is 7.21. The predicted octanol–water partition coefficient (Wildman–Crippen LogP) is 3.12. The minimum Gasteiger partial charge on any atom is -0.491 e. The second kappa shape index (κ2) is 9.03. The number of halogens is 3. The molecule has 2 fully saturated rings. The van der Waals surface area contributed by atoms with Gasteiger partial charge in [0.15, 0.2) is 0 Å². The maximum absolute atomic E-state index is 13.6. The monoisotopic (exact) mass is 533 g/mol. The number of carbonyl (C=O) groups is 1. The van der Waals surface area contributed by atoms with Gasteiger partial charge in [-0.1, -0.05) is 6.07 Å². The van der Waals surface area contributed by atoms with Gasteiger partial charge in [-0.25, -0.2) is 4.98 Å². The molecule has 1 aromatic carbocycles. The van der Waals surface area contributed by atoms with E-state index >= 15 is 0 Å². The van der Waals surface area contributed by atoms with Crippen molar-refractivity contribution < 1.29 is 27.4 Å². The Labute approximate surface area is 214 Å². The van der Waals surface area contributed by atoms with Crippen molar-refractivity contribution >= 4 is 38.8 Å². The van der Waals surface area contributed by atoms with Gasteiger partial charge in [-0.2, -0.15) is 13.2 Å². The van der Waals surface area contributed by atoms with E-state index in [1.165, 1.54) is 6.92 Å². The number of benzene rings is 1. The Bertz CT molecular complexity index is 1370. The summed E-state index contributed by atoms with van der Waals surface area (Å²) in [6.07, 6.45) is -3.74. The molecule has 1 amide bonds. The third-order valence-electron chi connectivity index (χ3n) is 6.97. The number of fused-ring (bicyclic) bond motifs is 4. The zero-order valence-corrected chi connectivity index (χ0v) is 20.8. The van der Waals surface area contributed by atoms with Gasteiger partial charge in [0.25, 0.3) is 5.91 Å². The lowest BCUT2D eigenvalue weighted by atomic mass is 10.0. The van der Waals surface area contributed by atoms with E-state index in [2.05, 4.69) is 26.6 Å². The van der Waals surface area contributed by atoms with E-state index in [4.69, 9.17) is 15.2 Å². The highest BCUT2D eigenvalue weighted by atomic mass is 32.1. The normalized spacial score (nSPS) is 23.5. The van der Waals surface area contributed by atoms with E-state index < -0.39 is 17.6 Å². The van der Waals surface area contributed by atoms with Crippen molar-refractivity contribution in [2.45, 2.75) is 37.8 Å². The van der Waals surface area contributed by atoms with E-state index in [1.807, 2.05) is 12.1 Å². The van der Waals surface area contributed by atoms with Crippen LogP contribution in [0.3, 0.4) is 0 Å². The van der Waals surface area contributed by atoms with Crippen LogP contribution in [0.2, 0.25) is 0 Å². The summed E-state index contributed by atoms with van der Waals surface area (Å²) < 4.78 is 52.8. The number of alkyl halides is 3. The molecule has 196 valence electrons. The van der Waals surface area contributed by atoms with Crippen LogP contribution in [0.4, 0.5) is 24.5 Å². The third-order valence-corrected chi connectivity index (χ3v) is 8.07. The summed E-state index contributed by atoms with van der Waals surface area (Å²) in [5, 5.41) is 6.04. The Kier molecular flexibility index (Phi) is 5.92. The Morgan fingerprint density at radius 1 is 1.24 bits per heavy atom. The first-order valence-electron chi connectivity index (χ1n) is 12.1. The molecule has 3 aliphatic heterocycles. The first kappa shape index (κ1) is 24.3. The number of nitrogens with one attached hydrogen (secondary N) is 2. The minimum atomic E-state index is -4.61. The lowest BCUT2D eigenvalue weighted by Crippen LogP contribution is -2.58.